The van der Waals surface area contributed by atoms with E-state index in [1.165, 1.54) is 13.8 Å². The van der Waals surface area contributed by atoms with Crippen molar-refractivity contribution in [2.24, 2.45) is 0 Å². The molecule has 2 rings (SSSR count). The van der Waals surface area contributed by atoms with Gasteiger partial charge in [-0.15, -0.1) is 0 Å². The molecule has 0 bridgehead atoms. The Hall–Kier alpha value is -2.73. The lowest BCUT2D eigenvalue weighted by Gasteiger charge is -2.16. The van der Waals surface area contributed by atoms with E-state index in [2.05, 4.69) is 10.3 Å². The molecule has 1 amide bonds. The fourth-order valence-electron chi connectivity index (χ4n) is 2.33. The van der Waals surface area contributed by atoms with E-state index in [0.29, 0.717) is 18.0 Å². The summed E-state index contributed by atoms with van der Waals surface area (Å²) in [6.45, 7) is 5.32. The molecular formula is C19H18F3N3O2S. The molecule has 1 aromatic carbocycles. The van der Waals surface area contributed by atoms with Crippen LogP contribution in [0.3, 0.4) is 0 Å². The van der Waals surface area contributed by atoms with Crippen molar-refractivity contribution in [3.63, 3.8) is 0 Å². The number of hydrogen-bond donors (Lipinski definition) is 1. The maximum atomic E-state index is 13.2. The van der Waals surface area contributed by atoms with E-state index in [-0.39, 0.29) is 10.7 Å². The predicted octanol–water partition coefficient (Wildman–Crippen LogP) is 4.80. The second-order valence-electron chi connectivity index (χ2n) is 5.81. The van der Waals surface area contributed by atoms with E-state index < -0.39 is 28.5 Å². The van der Waals surface area contributed by atoms with Crippen LogP contribution in [0.2, 0.25) is 0 Å². The summed E-state index contributed by atoms with van der Waals surface area (Å²) in [5, 5.41) is 11.0. The van der Waals surface area contributed by atoms with Crippen molar-refractivity contribution in [3.05, 3.63) is 47.2 Å². The number of aromatic nitrogens is 1. The summed E-state index contributed by atoms with van der Waals surface area (Å²) in [5.74, 6) is 0.236. The van der Waals surface area contributed by atoms with E-state index in [1.807, 2.05) is 6.92 Å². The van der Waals surface area contributed by atoms with Crippen molar-refractivity contribution in [3.8, 4) is 11.8 Å². The summed E-state index contributed by atoms with van der Waals surface area (Å²) >= 11 is 0.808. The highest BCUT2D eigenvalue weighted by molar-refractivity contribution is 8.00. The van der Waals surface area contributed by atoms with E-state index in [0.717, 1.165) is 17.8 Å². The molecule has 1 heterocycles. The number of ether oxygens (including phenoxy) is 1. The third-order valence-corrected chi connectivity index (χ3v) is 4.71. The quantitative estimate of drug-likeness (QED) is 0.694. The number of aryl methyl sites for hydroxylation is 1. The largest absolute Gasteiger partial charge is 0.494 e. The number of nitriles is 1. The molecule has 0 aliphatic carbocycles. The number of nitrogens with one attached hydrogen (secondary N) is 1. The first-order valence-electron chi connectivity index (χ1n) is 8.35. The number of carbonyl (C=O) groups excluding carboxylic acids is 1. The zero-order valence-corrected chi connectivity index (χ0v) is 16.2. The minimum Gasteiger partial charge on any atom is -0.494 e. The van der Waals surface area contributed by atoms with Gasteiger partial charge >= 0.3 is 6.18 Å². The van der Waals surface area contributed by atoms with Crippen molar-refractivity contribution in [1.29, 1.82) is 5.26 Å². The zero-order valence-electron chi connectivity index (χ0n) is 15.4. The SMILES string of the molecule is CCOc1ccc(NC(=O)C(C)Sc2nc(C)cc(C(F)(F)F)c2C#N)cc1. The molecule has 9 heteroatoms. The number of alkyl halides is 3. The van der Waals surface area contributed by atoms with Gasteiger partial charge in [0.25, 0.3) is 0 Å². The lowest BCUT2D eigenvalue weighted by atomic mass is 10.1. The van der Waals surface area contributed by atoms with Crippen LogP contribution in [0.5, 0.6) is 5.75 Å². The van der Waals surface area contributed by atoms with Crippen molar-refractivity contribution >= 4 is 23.4 Å². The van der Waals surface area contributed by atoms with Gasteiger partial charge in [0.2, 0.25) is 5.91 Å². The Morgan fingerprint density at radius 1 is 1.36 bits per heavy atom. The fraction of sp³-hybridized carbons (Fsp3) is 0.316. The summed E-state index contributed by atoms with van der Waals surface area (Å²) in [7, 11) is 0. The van der Waals surface area contributed by atoms with Gasteiger partial charge in [-0.3, -0.25) is 4.79 Å². The van der Waals surface area contributed by atoms with Crippen molar-refractivity contribution in [2.45, 2.75) is 37.2 Å². The third-order valence-electron chi connectivity index (χ3n) is 3.62. The van der Waals surface area contributed by atoms with Crippen LogP contribution in [0.25, 0.3) is 0 Å². The van der Waals surface area contributed by atoms with Gasteiger partial charge in [-0.1, -0.05) is 11.8 Å². The van der Waals surface area contributed by atoms with Crippen LogP contribution >= 0.6 is 11.8 Å². The Kier molecular flexibility index (Phi) is 6.91. The Morgan fingerprint density at radius 3 is 2.54 bits per heavy atom. The first-order chi connectivity index (χ1) is 13.2. The molecule has 0 aliphatic heterocycles. The maximum absolute atomic E-state index is 13.2. The van der Waals surface area contributed by atoms with Crippen LogP contribution < -0.4 is 10.1 Å². The van der Waals surface area contributed by atoms with Crippen molar-refractivity contribution in [1.82, 2.24) is 4.98 Å². The Balaban J connectivity index is 2.17. The normalized spacial score (nSPS) is 12.2. The predicted molar refractivity (Wildman–Crippen MR) is 100 cm³/mol. The Labute approximate surface area is 164 Å². The van der Waals surface area contributed by atoms with E-state index >= 15 is 0 Å². The molecule has 1 unspecified atom stereocenters. The first-order valence-corrected chi connectivity index (χ1v) is 9.23. The second kappa shape index (κ2) is 8.97. The van der Waals surface area contributed by atoms with Crippen LogP contribution in [-0.2, 0) is 11.0 Å². The first kappa shape index (κ1) is 21.6. The summed E-state index contributed by atoms with van der Waals surface area (Å²) in [6.07, 6.45) is -4.68. The maximum Gasteiger partial charge on any atom is 0.417 e. The number of benzene rings is 1. The molecule has 1 atom stereocenters. The van der Waals surface area contributed by atoms with Gasteiger partial charge in [-0.25, -0.2) is 4.98 Å². The number of carbonyl (C=O) groups is 1. The summed E-state index contributed by atoms with van der Waals surface area (Å²) in [4.78, 5) is 16.4. The van der Waals surface area contributed by atoms with Crippen molar-refractivity contribution < 1.29 is 22.7 Å². The molecule has 28 heavy (non-hydrogen) atoms. The smallest absolute Gasteiger partial charge is 0.417 e. The third kappa shape index (κ3) is 5.39. The van der Waals surface area contributed by atoms with Crippen LogP contribution in [0.4, 0.5) is 18.9 Å². The molecule has 0 fully saturated rings. The van der Waals surface area contributed by atoms with Crippen molar-refractivity contribution in [2.75, 3.05) is 11.9 Å². The molecule has 148 valence electrons. The van der Waals surface area contributed by atoms with Gasteiger partial charge in [-0.2, -0.15) is 18.4 Å². The summed E-state index contributed by atoms with van der Waals surface area (Å²) in [5.41, 5.74) is -0.990. The molecule has 2 aromatic rings. The highest BCUT2D eigenvalue weighted by Crippen LogP contribution is 2.37. The van der Waals surface area contributed by atoms with Gasteiger partial charge in [-0.05, 0) is 51.1 Å². The Bertz CT molecular complexity index is 893. The monoisotopic (exact) mass is 409 g/mol. The topological polar surface area (TPSA) is 75.0 Å². The highest BCUT2D eigenvalue weighted by atomic mass is 32.2. The summed E-state index contributed by atoms with van der Waals surface area (Å²) in [6, 6.07) is 9.10. The minimum atomic E-state index is -4.68. The van der Waals surface area contributed by atoms with E-state index in [4.69, 9.17) is 4.74 Å². The highest BCUT2D eigenvalue weighted by Gasteiger charge is 2.36. The van der Waals surface area contributed by atoms with Crippen LogP contribution in [-0.4, -0.2) is 22.7 Å². The van der Waals surface area contributed by atoms with Gasteiger partial charge < -0.3 is 10.1 Å². The molecule has 0 saturated carbocycles. The number of amides is 1. The van der Waals surface area contributed by atoms with Crippen LogP contribution in [0.15, 0.2) is 35.4 Å². The van der Waals surface area contributed by atoms with Crippen LogP contribution in [0, 0.1) is 18.3 Å². The molecule has 1 aromatic heterocycles. The Morgan fingerprint density at radius 2 is 2.00 bits per heavy atom. The van der Waals surface area contributed by atoms with Gasteiger partial charge in [0.15, 0.2) is 0 Å². The standard InChI is InChI=1S/C19H18F3N3O2S/c1-4-27-14-7-5-13(6-8-14)25-17(26)12(3)28-18-15(10-23)16(19(20,21)22)9-11(2)24-18/h5-9,12H,4H2,1-3H3,(H,25,26). The molecule has 0 aliphatic rings. The average molecular weight is 409 g/mol. The minimum absolute atomic E-state index is 0.118. The number of thioether (sulfide) groups is 1. The number of nitrogens with zero attached hydrogens (tertiary/aromatic N) is 2. The summed E-state index contributed by atoms with van der Waals surface area (Å²) < 4.78 is 44.9. The van der Waals surface area contributed by atoms with E-state index in [9.17, 15) is 23.2 Å². The lowest BCUT2D eigenvalue weighted by molar-refractivity contribution is -0.138. The lowest BCUT2D eigenvalue weighted by Crippen LogP contribution is -2.23. The van der Waals surface area contributed by atoms with Gasteiger partial charge in [0.05, 0.1) is 23.0 Å². The molecule has 0 spiro atoms. The van der Waals surface area contributed by atoms with Gasteiger partial charge in [0.1, 0.15) is 16.8 Å². The number of rotatable bonds is 6. The molecular weight excluding hydrogens is 391 g/mol. The average Bonchev–Trinajstić information content (AvgIpc) is 2.62. The molecule has 5 nitrogen and oxygen atoms in total. The number of hydrogen-bond acceptors (Lipinski definition) is 5. The number of pyridine rings is 1. The molecule has 0 radical (unpaired) electrons. The molecule has 0 saturated heterocycles. The number of halogens is 3. The van der Waals surface area contributed by atoms with E-state index in [1.54, 1.807) is 30.3 Å². The number of anilines is 1. The zero-order chi connectivity index (χ0) is 20.9. The fourth-order valence-corrected chi connectivity index (χ4v) is 3.30. The van der Waals surface area contributed by atoms with Crippen LogP contribution in [0.1, 0.15) is 30.7 Å². The van der Waals surface area contributed by atoms with Gasteiger partial charge in [0, 0.05) is 11.4 Å². The molecule has 1 N–H and O–H groups in total. The second-order valence-corrected chi connectivity index (χ2v) is 7.14.